The lowest BCUT2D eigenvalue weighted by Gasteiger charge is -2.24. The van der Waals surface area contributed by atoms with E-state index in [4.69, 9.17) is 9.47 Å². The number of hydrogen-bond donors (Lipinski definition) is 0. The van der Waals surface area contributed by atoms with Gasteiger partial charge in [-0.05, 0) is 48.7 Å². The average molecular weight is 337 g/mol. The number of anilines is 1. The van der Waals surface area contributed by atoms with Crippen LogP contribution in [0.3, 0.4) is 0 Å². The Morgan fingerprint density at radius 3 is 2.60 bits per heavy atom. The van der Waals surface area contributed by atoms with Gasteiger partial charge in [-0.3, -0.25) is 4.79 Å². The molecule has 1 aliphatic rings. The molecule has 1 saturated heterocycles. The van der Waals surface area contributed by atoms with E-state index in [1.807, 2.05) is 60.7 Å². The van der Waals surface area contributed by atoms with Crippen molar-refractivity contribution in [1.29, 1.82) is 0 Å². The number of amides is 1. The number of carbonyl (C=O) groups excluding carboxylic acids is 1. The Labute approximate surface area is 148 Å². The summed E-state index contributed by atoms with van der Waals surface area (Å²) in [5.74, 6) is 0.755. The van der Waals surface area contributed by atoms with Crippen LogP contribution >= 0.6 is 0 Å². The van der Waals surface area contributed by atoms with Crippen LogP contribution in [0.25, 0.3) is 6.08 Å². The SMILES string of the molecule is COc1ccc(C=CC(=O)N(CC2CCCO2)c2ccccc2)cc1. The van der Waals surface area contributed by atoms with Gasteiger partial charge in [0.05, 0.1) is 19.8 Å². The summed E-state index contributed by atoms with van der Waals surface area (Å²) in [6.07, 6.45) is 5.61. The van der Waals surface area contributed by atoms with E-state index < -0.39 is 0 Å². The molecule has 25 heavy (non-hydrogen) atoms. The molecule has 3 rings (SSSR count). The fourth-order valence-electron chi connectivity index (χ4n) is 2.90. The zero-order chi connectivity index (χ0) is 17.5. The summed E-state index contributed by atoms with van der Waals surface area (Å²) >= 11 is 0. The predicted octanol–water partition coefficient (Wildman–Crippen LogP) is 3.92. The molecule has 1 fully saturated rings. The molecule has 1 heterocycles. The Balaban J connectivity index is 1.74. The van der Waals surface area contributed by atoms with Crippen molar-refractivity contribution in [2.24, 2.45) is 0 Å². The molecule has 1 unspecified atom stereocenters. The van der Waals surface area contributed by atoms with Gasteiger partial charge >= 0.3 is 0 Å². The molecular formula is C21H23NO3. The number of para-hydroxylation sites is 1. The van der Waals surface area contributed by atoms with E-state index >= 15 is 0 Å². The Kier molecular flexibility index (Phi) is 5.86. The van der Waals surface area contributed by atoms with Crippen LogP contribution in [0.5, 0.6) is 5.75 Å². The first kappa shape index (κ1) is 17.2. The second kappa shape index (κ2) is 8.49. The smallest absolute Gasteiger partial charge is 0.251 e. The van der Waals surface area contributed by atoms with Crippen LogP contribution in [0.2, 0.25) is 0 Å². The largest absolute Gasteiger partial charge is 0.497 e. The van der Waals surface area contributed by atoms with Crippen LogP contribution in [0.1, 0.15) is 18.4 Å². The van der Waals surface area contributed by atoms with Crippen LogP contribution in [0.4, 0.5) is 5.69 Å². The molecule has 1 aliphatic heterocycles. The quantitative estimate of drug-likeness (QED) is 0.750. The number of carbonyl (C=O) groups is 1. The van der Waals surface area contributed by atoms with Gasteiger partial charge < -0.3 is 14.4 Å². The minimum absolute atomic E-state index is 0.0440. The van der Waals surface area contributed by atoms with Gasteiger partial charge in [0.2, 0.25) is 0 Å². The first-order valence-corrected chi connectivity index (χ1v) is 8.56. The highest BCUT2D eigenvalue weighted by atomic mass is 16.5. The van der Waals surface area contributed by atoms with Crippen LogP contribution in [0.15, 0.2) is 60.7 Å². The summed E-state index contributed by atoms with van der Waals surface area (Å²) in [5, 5.41) is 0. The van der Waals surface area contributed by atoms with Crippen LogP contribution in [-0.2, 0) is 9.53 Å². The van der Waals surface area contributed by atoms with E-state index in [0.29, 0.717) is 6.54 Å². The minimum atomic E-state index is -0.0440. The lowest BCUT2D eigenvalue weighted by Crippen LogP contribution is -2.36. The lowest BCUT2D eigenvalue weighted by atomic mass is 10.1. The van der Waals surface area contributed by atoms with Crippen molar-refractivity contribution in [2.45, 2.75) is 18.9 Å². The molecule has 0 bridgehead atoms. The number of nitrogens with zero attached hydrogens (tertiary/aromatic N) is 1. The highest BCUT2D eigenvalue weighted by Gasteiger charge is 2.22. The molecular weight excluding hydrogens is 314 g/mol. The molecule has 2 aromatic rings. The summed E-state index contributed by atoms with van der Waals surface area (Å²) in [4.78, 5) is 14.6. The van der Waals surface area contributed by atoms with Crippen molar-refractivity contribution in [2.75, 3.05) is 25.2 Å². The molecule has 2 aromatic carbocycles. The van der Waals surface area contributed by atoms with Gasteiger partial charge in [-0.2, -0.15) is 0 Å². The summed E-state index contributed by atoms with van der Waals surface area (Å²) in [6.45, 7) is 1.36. The van der Waals surface area contributed by atoms with Crippen molar-refractivity contribution in [3.05, 3.63) is 66.2 Å². The van der Waals surface area contributed by atoms with E-state index in [0.717, 1.165) is 36.4 Å². The number of benzene rings is 2. The maximum absolute atomic E-state index is 12.8. The van der Waals surface area contributed by atoms with Crippen LogP contribution < -0.4 is 9.64 Å². The summed E-state index contributed by atoms with van der Waals surface area (Å²) < 4.78 is 10.9. The first-order valence-electron chi connectivity index (χ1n) is 8.56. The lowest BCUT2D eigenvalue weighted by molar-refractivity contribution is -0.114. The zero-order valence-electron chi connectivity index (χ0n) is 14.4. The van der Waals surface area contributed by atoms with Crippen molar-refractivity contribution < 1.29 is 14.3 Å². The van der Waals surface area contributed by atoms with E-state index in [2.05, 4.69) is 0 Å². The zero-order valence-corrected chi connectivity index (χ0v) is 14.4. The molecule has 130 valence electrons. The molecule has 0 aromatic heterocycles. The van der Waals surface area contributed by atoms with E-state index in [9.17, 15) is 4.79 Å². The van der Waals surface area contributed by atoms with Gasteiger partial charge in [-0.15, -0.1) is 0 Å². The second-order valence-electron chi connectivity index (χ2n) is 6.03. The molecule has 4 heteroatoms. The van der Waals surface area contributed by atoms with Crippen LogP contribution in [-0.4, -0.2) is 32.3 Å². The van der Waals surface area contributed by atoms with Gasteiger partial charge in [-0.1, -0.05) is 30.3 Å². The van der Waals surface area contributed by atoms with Gasteiger partial charge in [-0.25, -0.2) is 0 Å². The highest BCUT2D eigenvalue weighted by molar-refractivity contribution is 6.03. The third-order valence-electron chi connectivity index (χ3n) is 4.28. The fourth-order valence-corrected chi connectivity index (χ4v) is 2.90. The molecule has 0 aliphatic carbocycles. The van der Waals surface area contributed by atoms with E-state index in [1.54, 1.807) is 18.1 Å². The Morgan fingerprint density at radius 1 is 1.20 bits per heavy atom. The van der Waals surface area contributed by atoms with E-state index in [1.165, 1.54) is 0 Å². The molecule has 0 N–H and O–H groups in total. The standard InChI is InChI=1S/C21H23NO3/c1-24-19-12-9-17(10-13-19)11-14-21(23)22(16-20-8-5-15-25-20)18-6-3-2-4-7-18/h2-4,6-7,9-14,20H,5,8,15-16H2,1H3. The van der Waals surface area contributed by atoms with Gasteiger partial charge in [0.1, 0.15) is 5.75 Å². The topological polar surface area (TPSA) is 38.8 Å². The molecule has 0 spiro atoms. The predicted molar refractivity (Wildman–Crippen MR) is 99.8 cm³/mol. The van der Waals surface area contributed by atoms with Gasteiger partial charge in [0.15, 0.2) is 0 Å². The molecule has 1 atom stereocenters. The van der Waals surface area contributed by atoms with Gasteiger partial charge in [0, 0.05) is 18.4 Å². The molecule has 4 nitrogen and oxygen atoms in total. The summed E-state index contributed by atoms with van der Waals surface area (Å²) in [7, 11) is 1.64. The maximum atomic E-state index is 12.8. The first-order chi connectivity index (χ1) is 12.3. The Morgan fingerprint density at radius 2 is 1.96 bits per heavy atom. The summed E-state index contributed by atoms with van der Waals surface area (Å²) in [6, 6.07) is 17.4. The number of rotatable bonds is 6. The minimum Gasteiger partial charge on any atom is -0.497 e. The van der Waals surface area contributed by atoms with Crippen LogP contribution in [0, 0.1) is 0 Å². The number of ether oxygens (including phenoxy) is 2. The number of hydrogen-bond acceptors (Lipinski definition) is 3. The normalized spacial score (nSPS) is 16.9. The van der Waals surface area contributed by atoms with Crippen molar-refractivity contribution >= 4 is 17.7 Å². The average Bonchev–Trinajstić information content (AvgIpc) is 3.18. The highest BCUT2D eigenvalue weighted by Crippen LogP contribution is 2.20. The monoisotopic (exact) mass is 337 g/mol. The fraction of sp³-hybridized carbons (Fsp3) is 0.286. The Hall–Kier alpha value is -2.59. The molecule has 1 amide bonds. The maximum Gasteiger partial charge on any atom is 0.251 e. The third kappa shape index (κ3) is 4.70. The molecule has 0 saturated carbocycles. The Bertz CT molecular complexity index is 704. The van der Waals surface area contributed by atoms with Crippen molar-refractivity contribution in [1.82, 2.24) is 0 Å². The summed E-state index contributed by atoms with van der Waals surface area (Å²) in [5.41, 5.74) is 1.85. The second-order valence-corrected chi connectivity index (χ2v) is 6.03. The number of methoxy groups -OCH3 is 1. The third-order valence-corrected chi connectivity index (χ3v) is 4.28. The van der Waals surface area contributed by atoms with Crippen molar-refractivity contribution in [3.8, 4) is 5.75 Å². The molecule has 0 radical (unpaired) electrons. The van der Waals surface area contributed by atoms with E-state index in [-0.39, 0.29) is 12.0 Å². The van der Waals surface area contributed by atoms with Crippen molar-refractivity contribution in [3.63, 3.8) is 0 Å². The van der Waals surface area contributed by atoms with Gasteiger partial charge in [0.25, 0.3) is 5.91 Å².